The van der Waals surface area contributed by atoms with Crippen molar-refractivity contribution in [2.24, 2.45) is 5.92 Å². The Balaban J connectivity index is 2.19. The summed E-state index contributed by atoms with van der Waals surface area (Å²) in [5, 5.41) is 2.68. The minimum atomic E-state index is -4.17. The van der Waals surface area contributed by atoms with E-state index in [0.717, 1.165) is 6.92 Å². The molecule has 0 saturated carbocycles. The van der Waals surface area contributed by atoms with Crippen molar-refractivity contribution in [2.75, 3.05) is 18.5 Å². The lowest BCUT2D eigenvalue weighted by atomic mass is 9.96. The van der Waals surface area contributed by atoms with Gasteiger partial charge < -0.3 is 10.1 Å². The van der Waals surface area contributed by atoms with E-state index in [4.69, 9.17) is 4.74 Å². The van der Waals surface area contributed by atoms with Crippen LogP contribution in [-0.4, -0.2) is 38.3 Å². The smallest absolute Gasteiger partial charge is 0.231 e. The molecule has 0 aliphatic carbocycles. The number of anilines is 1. The van der Waals surface area contributed by atoms with Crippen LogP contribution in [-0.2, 0) is 19.4 Å². The Labute approximate surface area is 156 Å². The molecular formula is C14H19FIN2O4PS. The number of alkyl halides is 1. The monoisotopic (exact) mass is 488 g/mol. The van der Waals surface area contributed by atoms with Crippen molar-refractivity contribution in [1.29, 1.82) is 0 Å². The van der Waals surface area contributed by atoms with E-state index in [0.29, 0.717) is 25.3 Å². The number of amides is 1. The lowest BCUT2D eigenvalue weighted by molar-refractivity contribution is -0.124. The number of halogens is 2. The van der Waals surface area contributed by atoms with E-state index in [1.54, 1.807) is 15.3 Å². The van der Waals surface area contributed by atoms with Gasteiger partial charge >= 0.3 is 0 Å². The van der Waals surface area contributed by atoms with Crippen LogP contribution < -0.4 is 8.85 Å². The van der Waals surface area contributed by atoms with E-state index in [9.17, 15) is 17.6 Å². The fraction of sp³-hybridized carbons (Fsp3) is 0.500. The fourth-order valence-corrected chi connectivity index (χ4v) is 4.49. The zero-order valence-corrected chi connectivity index (χ0v) is 17.1. The first-order valence-corrected chi connectivity index (χ1v) is 10.4. The maximum Gasteiger partial charge on any atom is 0.231 e. The van der Waals surface area contributed by atoms with Crippen LogP contribution in [0.15, 0.2) is 29.2 Å². The standard InChI is InChI=1S/C14H19FIN2O4PS/c1-14(15,23)24(20,21)10-4-2-3-9(7-10)17-13(19)11-8-22-6-5-12(11)18-16/h2-4,7,11-12,18H,5-6,8,23H2,1H3,(H,17,19)/t11-,12+,14?/m0/s1. The summed E-state index contributed by atoms with van der Waals surface area (Å²) in [4.78, 5) is 12.2. The van der Waals surface area contributed by atoms with Gasteiger partial charge in [0.05, 0.1) is 17.4 Å². The SMILES string of the molecule is CC(F)(P)S(=O)(=O)c1cccc(NC(=O)[C@H]2COCC[C@H]2NI)c1. The van der Waals surface area contributed by atoms with Crippen molar-refractivity contribution in [3.63, 3.8) is 0 Å². The third-order valence-electron chi connectivity index (χ3n) is 3.77. The second kappa shape index (κ2) is 7.90. The van der Waals surface area contributed by atoms with Crippen LogP contribution in [0.1, 0.15) is 13.3 Å². The number of ether oxygens (including phenoxy) is 1. The zero-order chi connectivity index (χ0) is 18.0. The van der Waals surface area contributed by atoms with Crippen LogP contribution in [0, 0.1) is 5.92 Å². The molecule has 1 saturated heterocycles. The maximum absolute atomic E-state index is 13.9. The molecule has 2 rings (SSSR count). The predicted octanol–water partition coefficient (Wildman–Crippen LogP) is 2.26. The molecule has 0 aromatic heterocycles. The summed E-state index contributed by atoms with van der Waals surface area (Å²) >= 11 is 2.00. The van der Waals surface area contributed by atoms with E-state index >= 15 is 0 Å². The van der Waals surface area contributed by atoms with Gasteiger partial charge in [-0.1, -0.05) is 15.3 Å². The molecule has 1 aliphatic rings. The van der Waals surface area contributed by atoms with Gasteiger partial charge in [0.15, 0.2) is 0 Å². The highest BCUT2D eigenvalue weighted by molar-refractivity contribution is 14.1. The molecule has 4 atom stereocenters. The average molecular weight is 488 g/mol. The van der Waals surface area contributed by atoms with Gasteiger partial charge in [0.1, 0.15) is 0 Å². The van der Waals surface area contributed by atoms with Crippen molar-refractivity contribution in [3.8, 4) is 0 Å². The number of nitrogens with one attached hydrogen (secondary N) is 2. The predicted molar refractivity (Wildman–Crippen MR) is 101 cm³/mol. The van der Waals surface area contributed by atoms with E-state index in [1.807, 2.05) is 22.9 Å². The van der Waals surface area contributed by atoms with Crippen LogP contribution >= 0.6 is 32.1 Å². The van der Waals surface area contributed by atoms with E-state index in [1.165, 1.54) is 18.2 Å². The second-order valence-electron chi connectivity index (χ2n) is 5.69. The Hall–Kier alpha value is -0.350. The quantitative estimate of drug-likeness (QED) is 0.378. The van der Waals surface area contributed by atoms with Gasteiger partial charge in [0.25, 0.3) is 0 Å². The molecule has 1 aromatic carbocycles. The lowest BCUT2D eigenvalue weighted by Crippen LogP contribution is -2.45. The summed E-state index contributed by atoms with van der Waals surface area (Å²) in [5.74, 6) is -0.656. The van der Waals surface area contributed by atoms with Gasteiger partial charge in [-0.25, -0.2) is 12.8 Å². The highest BCUT2D eigenvalue weighted by Crippen LogP contribution is 2.33. The molecule has 2 N–H and O–H groups in total. The Morgan fingerprint density at radius 2 is 2.21 bits per heavy atom. The maximum atomic E-state index is 13.9. The molecular weight excluding hydrogens is 469 g/mol. The summed E-state index contributed by atoms with van der Waals surface area (Å²) in [6.45, 7) is 1.83. The number of hydrogen-bond donors (Lipinski definition) is 2. The summed E-state index contributed by atoms with van der Waals surface area (Å²) in [6, 6.07) is 5.56. The highest BCUT2D eigenvalue weighted by atomic mass is 127. The van der Waals surface area contributed by atoms with Gasteiger partial charge in [-0.2, -0.15) is 0 Å². The first-order valence-electron chi connectivity index (χ1n) is 7.24. The van der Waals surface area contributed by atoms with Crippen molar-refractivity contribution >= 4 is 53.5 Å². The molecule has 24 heavy (non-hydrogen) atoms. The largest absolute Gasteiger partial charge is 0.380 e. The number of carbonyl (C=O) groups excluding carboxylic acids is 1. The van der Waals surface area contributed by atoms with Crippen molar-refractivity contribution < 1.29 is 22.3 Å². The van der Waals surface area contributed by atoms with Crippen molar-refractivity contribution in [2.45, 2.75) is 29.0 Å². The minimum Gasteiger partial charge on any atom is -0.380 e. The van der Waals surface area contributed by atoms with E-state index in [2.05, 4.69) is 8.85 Å². The minimum absolute atomic E-state index is 0.0209. The molecule has 134 valence electrons. The number of carbonyl (C=O) groups is 1. The van der Waals surface area contributed by atoms with Gasteiger partial charge in [-0.05, 0) is 31.5 Å². The van der Waals surface area contributed by atoms with Crippen LogP contribution in [0.25, 0.3) is 0 Å². The molecule has 1 aliphatic heterocycles. The normalized spacial score (nSPS) is 24.2. The molecule has 0 spiro atoms. The third-order valence-corrected chi connectivity index (χ3v) is 7.43. The first kappa shape index (κ1) is 20.0. The van der Waals surface area contributed by atoms with E-state index < -0.39 is 14.6 Å². The molecule has 1 heterocycles. The Morgan fingerprint density at radius 3 is 2.83 bits per heavy atom. The fourth-order valence-electron chi connectivity index (χ4n) is 2.33. The number of benzene rings is 1. The van der Waals surface area contributed by atoms with Crippen LogP contribution in [0.5, 0.6) is 0 Å². The topological polar surface area (TPSA) is 84.5 Å². The third kappa shape index (κ3) is 4.43. The van der Waals surface area contributed by atoms with Crippen molar-refractivity contribution in [1.82, 2.24) is 3.53 Å². The molecule has 0 radical (unpaired) electrons. The molecule has 1 fully saturated rings. The van der Waals surface area contributed by atoms with Gasteiger partial charge in [-0.3, -0.25) is 8.32 Å². The molecule has 10 heteroatoms. The number of hydrogen-bond acceptors (Lipinski definition) is 5. The summed E-state index contributed by atoms with van der Waals surface area (Å²) in [7, 11) is -2.50. The van der Waals surface area contributed by atoms with Crippen LogP contribution in [0.4, 0.5) is 10.1 Å². The number of sulfone groups is 1. The Morgan fingerprint density at radius 1 is 1.50 bits per heavy atom. The summed E-state index contributed by atoms with van der Waals surface area (Å²) in [6.07, 6.45) is 0.711. The summed E-state index contributed by atoms with van der Waals surface area (Å²) < 4.78 is 44.1. The Bertz CT molecular complexity index is 711. The molecule has 1 aromatic rings. The average Bonchev–Trinajstić information content (AvgIpc) is 2.54. The Kier molecular flexibility index (Phi) is 6.58. The van der Waals surface area contributed by atoms with Gasteiger partial charge in [0, 0.05) is 41.2 Å². The van der Waals surface area contributed by atoms with E-state index in [-0.39, 0.29) is 22.8 Å². The molecule has 2 unspecified atom stereocenters. The van der Waals surface area contributed by atoms with Crippen LogP contribution in [0.3, 0.4) is 0 Å². The number of rotatable bonds is 5. The lowest BCUT2D eigenvalue weighted by Gasteiger charge is -2.29. The van der Waals surface area contributed by atoms with Crippen molar-refractivity contribution in [3.05, 3.63) is 24.3 Å². The first-order chi connectivity index (χ1) is 11.2. The van der Waals surface area contributed by atoms with Gasteiger partial charge in [0.2, 0.25) is 20.5 Å². The molecule has 0 bridgehead atoms. The van der Waals surface area contributed by atoms with Gasteiger partial charge in [-0.15, -0.1) is 0 Å². The molecule has 6 nitrogen and oxygen atoms in total. The highest BCUT2D eigenvalue weighted by Gasteiger charge is 2.36. The second-order valence-corrected chi connectivity index (χ2v) is 10.1. The van der Waals surface area contributed by atoms with Crippen LogP contribution in [0.2, 0.25) is 0 Å². The molecule has 1 amide bonds. The summed E-state index contributed by atoms with van der Waals surface area (Å²) in [5.41, 5.74) is 0.299. The zero-order valence-electron chi connectivity index (χ0n) is 13.0.